The van der Waals surface area contributed by atoms with Crippen LogP contribution in [0.4, 0.5) is 0 Å². The van der Waals surface area contributed by atoms with Crippen molar-refractivity contribution in [3.05, 3.63) is 52.4 Å². The smallest absolute Gasteiger partial charge is 0.344 e. The number of ether oxygens (including phenoxy) is 1. The number of benzene rings is 2. The molecule has 0 spiro atoms. The molecule has 1 saturated carbocycles. The van der Waals surface area contributed by atoms with E-state index in [1.54, 1.807) is 0 Å². The van der Waals surface area contributed by atoms with Crippen LogP contribution >= 0.6 is 0 Å². The Balaban J connectivity index is 1.81. The Bertz CT molecular complexity index is 956. The predicted molar refractivity (Wildman–Crippen MR) is 83.2 cm³/mol. The van der Waals surface area contributed by atoms with Gasteiger partial charge in [0, 0.05) is 18.2 Å². The molecule has 22 heavy (non-hydrogen) atoms. The second kappa shape index (κ2) is 4.34. The number of nitrogens with one attached hydrogen (secondary N) is 1. The number of hydrogen-bond donors (Lipinski definition) is 1. The van der Waals surface area contributed by atoms with E-state index in [9.17, 15) is 4.79 Å². The van der Waals surface area contributed by atoms with E-state index in [0.717, 1.165) is 28.6 Å². The molecular weight excluding hydrogens is 278 g/mol. The molecule has 4 nitrogen and oxygen atoms in total. The molecule has 1 aromatic heterocycles. The van der Waals surface area contributed by atoms with Crippen LogP contribution in [0.2, 0.25) is 0 Å². The molecule has 3 aromatic rings. The van der Waals surface area contributed by atoms with E-state index < -0.39 is 0 Å². The largest absolute Gasteiger partial charge is 0.445 e. The van der Waals surface area contributed by atoms with Gasteiger partial charge in [-0.3, -0.25) is 4.90 Å². The van der Waals surface area contributed by atoms with Crippen LogP contribution in [-0.4, -0.2) is 12.8 Å². The van der Waals surface area contributed by atoms with E-state index >= 15 is 0 Å². The number of fused-ring (bicyclic) bond motifs is 5. The predicted octanol–water partition coefficient (Wildman–Crippen LogP) is 1.84. The van der Waals surface area contributed by atoms with Gasteiger partial charge in [-0.1, -0.05) is 18.2 Å². The summed E-state index contributed by atoms with van der Waals surface area (Å²) in [7, 11) is 0. The van der Waals surface area contributed by atoms with Crippen LogP contribution in [0.15, 0.2) is 45.6 Å². The van der Waals surface area contributed by atoms with E-state index in [1.165, 1.54) is 17.7 Å². The van der Waals surface area contributed by atoms with E-state index in [1.807, 2.05) is 36.4 Å². The zero-order valence-corrected chi connectivity index (χ0v) is 12.1. The van der Waals surface area contributed by atoms with Crippen molar-refractivity contribution in [1.82, 2.24) is 0 Å². The molecule has 1 unspecified atom stereocenters. The summed E-state index contributed by atoms with van der Waals surface area (Å²) in [6.45, 7) is 1.58. The number of rotatable bonds is 1. The van der Waals surface area contributed by atoms with Crippen molar-refractivity contribution < 1.29 is 14.1 Å². The SMILES string of the molecule is O=c1oc2c3c(ccc2c2ccccc12)OC[NH+](C1CC1)C3. The molecule has 1 N–H and O–H groups in total. The molecular formula is C18H16NO3+. The monoisotopic (exact) mass is 294 g/mol. The molecule has 0 amide bonds. The summed E-state index contributed by atoms with van der Waals surface area (Å²) in [6, 6.07) is 12.3. The van der Waals surface area contributed by atoms with E-state index in [-0.39, 0.29) is 5.63 Å². The highest BCUT2D eigenvalue weighted by Crippen LogP contribution is 2.32. The maximum atomic E-state index is 12.3. The average molecular weight is 294 g/mol. The fourth-order valence-electron chi connectivity index (χ4n) is 3.49. The normalized spacial score (nSPS) is 20.8. The minimum atomic E-state index is -0.268. The van der Waals surface area contributed by atoms with Crippen LogP contribution in [0.5, 0.6) is 5.75 Å². The maximum absolute atomic E-state index is 12.3. The maximum Gasteiger partial charge on any atom is 0.344 e. The molecule has 0 saturated heterocycles. The minimum Gasteiger partial charge on any atom is -0.445 e. The Kier molecular flexibility index (Phi) is 2.41. The zero-order valence-electron chi connectivity index (χ0n) is 12.1. The van der Waals surface area contributed by atoms with E-state index in [4.69, 9.17) is 9.15 Å². The molecule has 0 bridgehead atoms. The third-order valence-corrected chi connectivity index (χ3v) is 4.82. The molecule has 1 atom stereocenters. The lowest BCUT2D eigenvalue weighted by Crippen LogP contribution is -3.13. The Labute approximate surface area is 126 Å². The van der Waals surface area contributed by atoms with Crippen LogP contribution in [-0.2, 0) is 6.54 Å². The van der Waals surface area contributed by atoms with Gasteiger partial charge >= 0.3 is 5.63 Å². The van der Waals surface area contributed by atoms with Gasteiger partial charge in [0.2, 0.25) is 6.73 Å². The van der Waals surface area contributed by atoms with Crippen molar-refractivity contribution >= 4 is 21.7 Å². The van der Waals surface area contributed by atoms with Gasteiger partial charge in [0.1, 0.15) is 12.3 Å². The van der Waals surface area contributed by atoms with E-state index in [0.29, 0.717) is 23.7 Å². The van der Waals surface area contributed by atoms with Crippen LogP contribution < -0.4 is 15.3 Å². The molecule has 2 aromatic carbocycles. The first-order chi connectivity index (χ1) is 10.8. The molecule has 5 rings (SSSR count). The minimum absolute atomic E-state index is 0.268. The molecule has 2 heterocycles. The summed E-state index contributed by atoms with van der Waals surface area (Å²) in [5.41, 5.74) is 1.46. The van der Waals surface area contributed by atoms with Gasteiger partial charge in [-0.05, 0) is 23.6 Å². The fraction of sp³-hybridized carbons (Fsp3) is 0.278. The van der Waals surface area contributed by atoms with Crippen LogP contribution in [0.1, 0.15) is 18.4 Å². The van der Waals surface area contributed by atoms with Crippen molar-refractivity contribution in [2.45, 2.75) is 25.4 Å². The zero-order chi connectivity index (χ0) is 14.7. The van der Waals surface area contributed by atoms with Crippen molar-refractivity contribution in [3.63, 3.8) is 0 Å². The van der Waals surface area contributed by atoms with Gasteiger partial charge in [0.05, 0.1) is 17.0 Å². The van der Waals surface area contributed by atoms with Crippen LogP contribution in [0.3, 0.4) is 0 Å². The summed E-state index contributed by atoms with van der Waals surface area (Å²) >= 11 is 0. The highest BCUT2D eigenvalue weighted by Gasteiger charge is 2.37. The third kappa shape index (κ3) is 1.70. The summed E-state index contributed by atoms with van der Waals surface area (Å²) in [5, 5.41) is 2.59. The first kappa shape index (κ1) is 12.2. The topological polar surface area (TPSA) is 43.9 Å². The Morgan fingerprint density at radius 1 is 1.00 bits per heavy atom. The Morgan fingerprint density at radius 3 is 2.64 bits per heavy atom. The van der Waals surface area contributed by atoms with Crippen LogP contribution in [0.25, 0.3) is 21.7 Å². The molecule has 110 valence electrons. The summed E-state index contributed by atoms with van der Waals surface area (Å²) < 4.78 is 11.6. The lowest BCUT2D eigenvalue weighted by atomic mass is 10.0. The lowest BCUT2D eigenvalue weighted by molar-refractivity contribution is -0.943. The number of quaternary nitrogens is 1. The van der Waals surface area contributed by atoms with Gasteiger partial charge in [-0.15, -0.1) is 0 Å². The summed E-state index contributed by atoms with van der Waals surface area (Å²) in [4.78, 5) is 13.7. The van der Waals surface area contributed by atoms with Crippen LogP contribution in [0, 0.1) is 0 Å². The quantitative estimate of drug-likeness (QED) is 0.550. The Morgan fingerprint density at radius 2 is 1.82 bits per heavy atom. The average Bonchev–Trinajstić information content (AvgIpc) is 3.39. The molecule has 0 radical (unpaired) electrons. The van der Waals surface area contributed by atoms with Gasteiger partial charge in [0.15, 0.2) is 5.58 Å². The molecule has 1 aliphatic heterocycles. The van der Waals surface area contributed by atoms with Crippen molar-refractivity contribution in [2.24, 2.45) is 0 Å². The second-order valence-corrected chi connectivity index (χ2v) is 6.25. The Hall–Kier alpha value is -2.33. The van der Waals surface area contributed by atoms with Crippen molar-refractivity contribution in [2.75, 3.05) is 6.73 Å². The molecule has 2 aliphatic rings. The molecule has 1 aliphatic carbocycles. The highest BCUT2D eigenvalue weighted by molar-refractivity contribution is 6.05. The third-order valence-electron chi connectivity index (χ3n) is 4.82. The summed E-state index contributed by atoms with van der Waals surface area (Å²) in [6.07, 6.45) is 2.54. The first-order valence-electron chi connectivity index (χ1n) is 7.76. The standard InChI is InChI=1S/C18H15NO3/c20-18-14-4-2-1-3-12(14)13-7-8-16-15(17(13)22-18)9-19(10-21-16)11-5-6-11/h1-4,7-8,11H,5-6,9-10H2/p+1. The second-order valence-electron chi connectivity index (χ2n) is 6.25. The van der Waals surface area contributed by atoms with Gasteiger partial charge in [-0.25, -0.2) is 4.79 Å². The van der Waals surface area contributed by atoms with Gasteiger partial charge in [0.25, 0.3) is 0 Å². The van der Waals surface area contributed by atoms with Crippen molar-refractivity contribution in [3.8, 4) is 5.75 Å². The molecule has 4 heteroatoms. The lowest BCUT2D eigenvalue weighted by Gasteiger charge is -2.26. The fourth-order valence-corrected chi connectivity index (χ4v) is 3.49. The molecule has 1 fully saturated rings. The van der Waals surface area contributed by atoms with Gasteiger partial charge < -0.3 is 9.15 Å². The first-order valence-corrected chi connectivity index (χ1v) is 7.76. The number of hydrogen-bond acceptors (Lipinski definition) is 3. The van der Waals surface area contributed by atoms with E-state index in [2.05, 4.69) is 0 Å². The highest BCUT2D eigenvalue weighted by atomic mass is 16.5. The van der Waals surface area contributed by atoms with Gasteiger partial charge in [-0.2, -0.15) is 0 Å². The van der Waals surface area contributed by atoms with Crippen molar-refractivity contribution in [1.29, 1.82) is 0 Å². The summed E-state index contributed by atoms with van der Waals surface area (Å²) in [5.74, 6) is 0.857.